The van der Waals surface area contributed by atoms with Gasteiger partial charge in [-0.25, -0.2) is 13.8 Å². The van der Waals surface area contributed by atoms with E-state index in [-0.39, 0.29) is 80.2 Å². The second kappa shape index (κ2) is 21.2. The molecule has 7 aromatic rings. The lowest BCUT2D eigenvalue weighted by molar-refractivity contribution is -0.137. The third-order valence-electron chi connectivity index (χ3n) is 14.4. The molecule has 4 aromatic carbocycles. The molecule has 3 atom stereocenters. The van der Waals surface area contributed by atoms with E-state index in [1.165, 1.54) is 13.0 Å². The highest BCUT2D eigenvalue weighted by atomic mass is 35.5. The van der Waals surface area contributed by atoms with Gasteiger partial charge in [0.1, 0.15) is 53.8 Å². The molecule has 1 N–H and O–H groups in total. The number of anilines is 3. The van der Waals surface area contributed by atoms with Crippen LogP contribution in [0.3, 0.4) is 0 Å². The highest BCUT2D eigenvalue weighted by molar-refractivity contribution is 6.36. The molecule has 0 bridgehead atoms. The molecular formula is C55H55ClF5N9O5. The summed E-state index contributed by atoms with van der Waals surface area (Å²) in [5.74, 6) is 1.35. The fourth-order valence-electron chi connectivity index (χ4n) is 10.6. The van der Waals surface area contributed by atoms with Crippen LogP contribution in [0.2, 0.25) is 5.02 Å². The fourth-order valence-corrected chi connectivity index (χ4v) is 10.9. The Morgan fingerprint density at radius 2 is 1.52 bits per heavy atom. The van der Waals surface area contributed by atoms with Crippen LogP contribution >= 0.6 is 11.6 Å². The van der Waals surface area contributed by atoms with Gasteiger partial charge in [-0.05, 0) is 104 Å². The summed E-state index contributed by atoms with van der Waals surface area (Å²) in [5, 5.41) is 11.6. The van der Waals surface area contributed by atoms with Crippen molar-refractivity contribution < 1.29 is 45.6 Å². The van der Waals surface area contributed by atoms with Gasteiger partial charge >= 0.3 is 12.2 Å². The van der Waals surface area contributed by atoms with E-state index in [1.807, 2.05) is 60.4 Å². The Labute approximate surface area is 435 Å². The number of pyridine rings is 1. The quantitative estimate of drug-likeness (QED) is 0.0868. The van der Waals surface area contributed by atoms with Crippen LogP contribution in [0, 0.1) is 12.7 Å². The van der Waals surface area contributed by atoms with Crippen molar-refractivity contribution in [2.75, 3.05) is 69.3 Å². The minimum absolute atomic E-state index is 0.00765. The lowest BCUT2D eigenvalue weighted by Crippen LogP contribution is -2.43. The summed E-state index contributed by atoms with van der Waals surface area (Å²) in [6.07, 6.45) is -2.80. The van der Waals surface area contributed by atoms with Gasteiger partial charge in [-0.2, -0.15) is 28.2 Å². The average molecular weight is 1050 g/mol. The molecule has 3 aliphatic heterocycles. The number of rotatable bonds is 17. The Kier molecular flexibility index (Phi) is 14.5. The number of fused-ring (bicyclic) bond motifs is 1. The summed E-state index contributed by atoms with van der Waals surface area (Å²) in [7, 11) is 4.70. The molecule has 14 nitrogen and oxygen atoms in total. The zero-order valence-electron chi connectivity index (χ0n) is 42.0. The van der Waals surface area contributed by atoms with Crippen molar-refractivity contribution >= 4 is 40.0 Å². The normalized spacial score (nSPS) is 17.8. The molecule has 0 aliphatic carbocycles. The van der Waals surface area contributed by atoms with Crippen LogP contribution in [0.5, 0.6) is 29.0 Å². The van der Waals surface area contributed by atoms with Crippen molar-refractivity contribution in [3.63, 3.8) is 0 Å². The Balaban J connectivity index is 1.12. The van der Waals surface area contributed by atoms with E-state index in [1.54, 1.807) is 62.8 Å². The number of hydrogen-bond donors (Lipinski definition) is 1. The largest absolute Gasteiger partial charge is 0.497 e. The lowest BCUT2D eigenvalue weighted by atomic mass is 9.95. The number of alkyl halides is 4. The highest BCUT2D eigenvalue weighted by Gasteiger charge is 2.50. The molecular weight excluding hydrogens is 997 g/mol. The molecule has 0 amide bonds. The standard InChI is InChI=1S/C55H55ClF5N9O5/c1-32-25-42(68(28-35-9-15-39(72-4)16-10-35)29-36-11-17-40(73-5)18-12-36)64-48(45(32)55(59,60)61)43-46(56)50-44-49(47(43)58)65-53(75-31-54-20-6-22-69(54)30-37(57)26-54)66-52(44)70(23-24-74-50)33(2)41-19-21-63-67-51(41)62-27-34-7-13-38(71-3)14-8-34/h7-19,21,25,33,37H,6,20,22-24,26-31H2,1-5H3,(H,62,67)/t33?,37-,54+/m1/s1. The van der Waals surface area contributed by atoms with Crippen LogP contribution in [0.15, 0.2) is 91.1 Å². The van der Waals surface area contributed by atoms with Gasteiger partial charge in [0.25, 0.3) is 0 Å². The van der Waals surface area contributed by atoms with Crippen LogP contribution in [-0.2, 0) is 25.8 Å². The third-order valence-corrected chi connectivity index (χ3v) is 14.8. The maximum atomic E-state index is 18.3. The second-order valence-corrected chi connectivity index (χ2v) is 19.5. The molecule has 0 radical (unpaired) electrons. The molecule has 392 valence electrons. The van der Waals surface area contributed by atoms with E-state index < -0.39 is 57.1 Å². The molecule has 75 heavy (non-hydrogen) atoms. The van der Waals surface area contributed by atoms with Crippen LogP contribution in [-0.4, -0.2) is 95.9 Å². The number of methoxy groups -OCH3 is 3. The van der Waals surface area contributed by atoms with Crippen molar-refractivity contribution in [1.82, 2.24) is 30.0 Å². The summed E-state index contributed by atoms with van der Waals surface area (Å²) in [6.45, 7) is 5.01. The van der Waals surface area contributed by atoms with Gasteiger partial charge in [-0.15, -0.1) is 5.10 Å². The Morgan fingerprint density at radius 3 is 2.15 bits per heavy atom. The van der Waals surface area contributed by atoms with Crippen molar-refractivity contribution in [3.8, 4) is 40.3 Å². The summed E-state index contributed by atoms with van der Waals surface area (Å²) in [5.41, 5.74) is -0.648. The van der Waals surface area contributed by atoms with Gasteiger partial charge in [0.2, 0.25) is 0 Å². The van der Waals surface area contributed by atoms with E-state index in [0.717, 1.165) is 23.1 Å². The first kappa shape index (κ1) is 51.2. The molecule has 0 spiro atoms. The zero-order valence-corrected chi connectivity index (χ0v) is 42.7. The summed E-state index contributed by atoms with van der Waals surface area (Å²) >= 11 is 7.29. The van der Waals surface area contributed by atoms with Crippen LogP contribution < -0.4 is 38.8 Å². The maximum Gasteiger partial charge on any atom is 0.418 e. The molecule has 2 saturated heterocycles. The molecule has 3 aliphatic rings. The third kappa shape index (κ3) is 10.3. The smallest absolute Gasteiger partial charge is 0.418 e. The molecule has 6 heterocycles. The van der Waals surface area contributed by atoms with Crippen molar-refractivity contribution in [2.24, 2.45) is 0 Å². The number of nitrogens with zero attached hydrogens (tertiary/aromatic N) is 8. The zero-order chi connectivity index (χ0) is 52.6. The number of nitrogens with one attached hydrogen (secondary N) is 1. The van der Waals surface area contributed by atoms with Crippen molar-refractivity contribution in [3.05, 3.63) is 135 Å². The predicted molar refractivity (Wildman–Crippen MR) is 276 cm³/mol. The van der Waals surface area contributed by atoms with Crippen molar-refractivity contribution in [2.45, 2.75) is 76.7 Å². The van der Waals surface area contributed by atoms with E-state index in [4.69, 9.17) is 45.3 Å². The molecule has 10 rings (SSSR count). The first-order valence-corrected chi connectivity index (χ1v) is 25.0. The van der Waals surface area contributed by atoms with Gasteiger partial charge in [-0.3, -0.25) is 4.90 Å². The minimum atomic E-state index is -5.03. The number of benzene rings is 4. The first-order chi connectivity index (χ1) is 36.2. The number of halogens is 6. The van der Waals surface area contributed by atoms with Crippen molar-refractivity contribution in [1.29, 1.82) is 0 Å². The van der Waals surface area contributed by atoms with Gasteiger partial charge in [0.05, 0.1) is 72.9 Å². The van der Waals surface area contributed by atoms with Gasteiger partial charge in [0, 0.05) is 38.2 Å². The monoisotopic (exact) mass is 1050 g/mol. The van der Waals surface area contributed by atoms with E-state index in [2.05, 4.69) is 25.4 Å². The van der Waals surface area contributed by atoms with Crippen LogP contribution in [0.4, 0.5) is 39.4 Å². The van der Waals surface area contributed by atoms with Crippen LogP contribution in [0.25, 0.3) is 22.2 Å². The molecule has 2 fully saturated rings. The summed E-state index contributed by atoms with van der Waals surface area (Å²) in [6, 6.07) is 24.4. The Bertz CT molecular complexity index is 3140. The highest BCUT2D eigenvalue weighted by Crippen LogP contribution is 2.52. The topological polar surface area (TPSA) is 132 Å². The number of aryl methyl sites for hydroxylation is 1. The SMILES string of the molecule is COc1ccc(CNc2nnccc2C(C)N2CCOc3c(Cl)c(-c4nc(N(Cc5ccc(OC)cc5)Cc5ccc(OC)cc5)cc(C)c4C(F)(F)F)c(F)c4nc(OC[C@@]56CCCN5C[C@H](F)C6)nc2c34)cc1. The average Bonchev–Trinajstić information content (AvgIpc) is 3.88. The number of hydrogen-bond acceptors (Lipinski definition) is 14. The number of aromatic nitrogens is 5. The van der Waals surface area contributed by atoms with E-state index in [9.17, 15) is 0 Å². The van der Waals surface area contributed by atoms with Crippen LogP contribution in [0.1, 0.15) is 65.6 Å². The van der Waals surface area contributed by atoms with E-state index >= 15 is 22.0 Å². The summed E-state index contributed by atoms with van der Waals surface area (Å²) in [4.78, 5) is 20.0. The van der Waals surface area contributed by atoms with E-state index in [0.29, 0.717) is 48.1 Å². The minimum Gasteiger partial charge on any atom is -0.497 e. The van der Waals surface area contributed by atoms with Gasteiger partial charge < -0.3 is 38.8 Å². The predicted octanol–water partition coefficient (Wildman–Crippen LogP) is 11.4. The molecule has 3 aromatic heterocycles. The number of ether oxygens (including phenoxy) is 5. The Hall–Kier alpha value is -7.25. The molecule has 0 saturated carbocycles. The molecule has 1 unspecified atom stereocenters. The Morgan fingerprint density at radius 1 is 0.880 bits per heavy atom. The maximum absolute atomic E-state index is 18.3. The van der Waals surface area contributed by atoms with Gasteiger partial charge in [0.15, 0.2) is 17.4 Å². The second-order valence-electron chi connectivity index (χ2n) is 19.1. The molecule has 20 heteroatoms. The fraction of sp³-hybridized carbons (Fsp3) is 0.364. The first-order valence-electron chi connectivity index (χ1n) is 24.6. The van der Waals surface area contributed by atoms with Gasteiger partial charge in [-0.1, -0.05) is 48.0 Å². The summed E-state index contributed by atoms with van der Waals surface area (Å²) < 4.78 is 109. The lowest BCUT2D eigenvalue weighted by Gasteiger charge is -2.32.